The quantitative estimate of drug-likeness (QED) is 0.726. The minimum atomic E-state index is -0.00727. The van der Waals surface area contributed by atoms with Crippen LogP contribution in [-0.4, -0.2) is 31.1 Å². The highest BCUT2D eigenvalue weighted by atomic mass is 16.1. The minimum absolute atomic E-state index is 0.00727. The van der Waals surface area contributed by atoms with Crippen LogP contribution in [0.4, 0.5) is 0 Å². The molecular weight excluding hydrogens is 292 g/mol. The van der Waals surface area contributed by atoms with E-state index in [2.05, 4.69) is 25.8 Å². The van der Waals surface area contributed by atoms with E-state index in [0.717, 1.165) is 22.4 Å². The molecule has 0 spiro atoms. The van der Waals surface area contributed by atoms with Crippen molar-refractivity contribution in [2.75, 3.05) is 0 Å². The number of aromatic nitrogens is 5. The average molecular weight is 310 g/mol. The highest BCUT2D eigenvalue weighted by molar-refractivity contribution is 5.77. The number of aromatic amines is 1. The maximum Gasteiger partial charge on any atom is 0.222 e. The normalized spacial score (nSPS) is 14.3. The topological polar surface area (TPSA) is 88.5 Å². The summed E-state index contributed by atoms with van der Waals surface area (Å²) in [5.41, 5.74) is 3.86. The van der Waals surface area contributed by atoms with E-state index < -0.39 is 0 Å². The summed E-state index contributed by atoms with van der Waals surface area (Å²) >= 11 is 0. The van der Waals surface area contributed by atoms with Gasteiger partial charge in [0.05, 0.1) is 30.0 Å². The van der Waals surface area contributed by atoms with Gasteiger partial charge in [0.25, 0.3) is 0 Å². The van der Waals surface area contributed by atoms with E-state index in [4.69, 9.17) is 0 Å². The van der Waals surface area contributed by atoms with Gasteiger partial charge >= 0.3 is 0 Å². The minimum Gasteiger partial charge on any atom is -0.350 e. The zero-order chi connectivity index (χ0) is 15.6. The van der Waals surface area contributed by atoms with Gasteiger partial charge in [0, 0.05) is 12.3 Å². The van der Waals surface area contributed by atoms with Gasteiger partial charge in [-0.25, -0.2) is 4.68 Å². The third kappa shape index (κ3) is 3.08. The first-order valence-corrected chi connectivity index (χ1v) is 7.89. The van der Waals surface area contributed by atoms with Crippen LogP contribution < -0.4 is 5.32 Å². The van der Waals surface area contributed by atoms with Crippen molar-refractivity contribution >= 4 is 16.9 Å². The molecule has 2 heterocycles. The SMILES string of the molecule is O=C(CCn1nnc2ccccc21)NCc1cc(C2CC2)n[nH]1. The van der Waals surface area contributed by atoms with Gasteiger partial charge in [-0.1, -0.05) is 17.3 Å². The lowest BCUT2D eigenvalue weighted by Crippen LogP contribution is -2.24. The Balaban J connectivity index is 1.29. The summed E-state index contributed by atoms with van der Waals surface area (Å²) in [5, 5.41) is 18.3. The average Bonchev–Trinajstić information content (AvgIpc) is 3.18. The van der Waals surface area contributed by atoms with Crippen LogP contribution in [0.25, 0.3) is 11.0 Å². The molecule has 1 aliphatic carbocycles. The number of hydrogen-bond donors (Lipinski definition) is 2. The Morgan fingerprint density at radius 3 is 3.09 bits per heavy atom. The van der Waals surface area contributed by atoms with Gasteiger partial charge in [0.2, 0.25) is 5.91 Å². The molecule has 0 atom stereocenters. The van der Waals surface area contributed by atoms with Crippen molar-refractivity contribution in [1.82, 2.24) is 30.5 Å². The Hall–Kier alpha value is -2.70. The molecule has 0 unspecified atom stereocenters. The number of aryl methyl sites for hydroxylation is 1. The molecule has 2 N–H and O–H groups in total. The van der Waals surface area contributed by atoms with Crippen molar-refractivity contribution in [2.24, 2.45) is 0 Å². The standard InChI is InChI=1S/C16H18N6O/c23-16(17-10-12-9-14(19-18-12)11-5-6-11)7-8-22-15-4-2-1-3-13(15)20-21-22/h1-4,9,11H,5-8,10H2,(H,17,23)(H,18,19). The number of H-pyrrole nitrogens is 1. The smallest absolute Gasteiger partial charge is 0.222 e. The lowest BCUT2D eigenvalue weighted by Gasteiger charge is -2.04. The van der Waals surface area contributed by atoms with E-state index in [1.807, 2.05) is 30.3 Å². The number of fused-ring (bicyclic) bond motifs is 1. The van der Waals surface area contributed by atoms with E-state index in [0.29, 0.717) is 25.4 Å². The largest absolute Gasteiger partial charge is 0.350 e. The lowest BCUT2D eigenvalue weighted by molar-refractivity contribution is -0.121. The van der Waals surface area contributed by atoms with Crippen LogP contribution in [0, 0.1) is 0 Å². The van der Waals surface area contributed by atoms with Gasteiger partial charge in [-0.2, -0.15) is 5.10 Å². The lowest BCUT2D eigenvalue weighted by atomic mass is 10.2. The van der Waals surface area contributed by atoms with Gasteiger partial charge in [-0.05, 0) is 31.0 Å². The molecule has 1 amide bonds. The number of rotatable bonds is 6. The van der Waals surface area contributed by atoms with Crippen LogP contribution in [0.5, 0.6) is 0 Å². The Kier molecular flexibility index (Phi) is 3.53. The van der Waals surface area contributed by atoms with Crippen LogP contribution in [0.1, 0.15) is 36.6 Å². The number of benzene rings is 1. The summed E-state index contributed by atoms with van der Waals surface area (Å²) < 4.78 is 1.76. The second-order valence-electron chi connectivity index (χ2n) is 5.92. The van der Waals surface area contributed by atoms with Gasteiger partial charge < -0.3 is 5.32 Å². The maximum atomic E-state index is 12.0. The molecule has 4 rings (SSSR count). The third-order valence-corrected chi connectivity index (χ3v) is 4.09. The number of carbonyl (C=O) groups excluding carboxylic acids is 1. The molecule has 23 heavy (non-hydrogen) atoms. The van der Waals surface area contributed by atoms with Gasteiger partial charge in [-0.15, -0.1) is 5.10 Å². The molecule has 1 aromatic carbocycles. The molecule has 2 aromatic heterocycles. The number of para-hydroxylation sites is 1. The van der Waals surface area contributed by atoms with Crippen LogP contribution >= 0.6 is 0 Å². The Bertz CT molecular complexity index is 832. The van der Waals surface area contributed by atoms with Crippen LogP contribution in [0.3, 0.4) is 0 Å². The van der Waals surface area contributed by atoms with Crippen molar-refractivity contribution in [3.8, 4) is 0 Å². The summed E-state index contributed by atoms with van der Waals surface area (Å²) in [4.78, 5) is 12.0. The molecule has 0 saturated heterocycles. The second kappa shape index (κ2) is 5.83. The fraction of sp³-hybridized carbons (Fsp3) is 0.375. The van der Waals surface area contributed by atoms with Crippen LogP contribution in [0.15, 0.2) is 30.3 Å². The fourth-order valence-electron chi connectivity index (χ4n) is 2.63. The third-order valence-electron chi connectivity index (χ3n) is 4.09. The highest BCUT2D eigenvalue weighted by Crippen LogP contribution is 2.38. The van der Waals surface area contributed by atoms with Crippen molar-refractivity contribution in [3.05, 3.63) is 41.7 Å². The van der Waals surface area contributed by atoms with Crippen LogP contribution in [-0.2, 0) is 17.9 Å². The zero-order valence-corrected chi connectivity index (χ0v) is 12.7. The van der Waals surface area contributed by atoms with E-state index in [9.17, 15) is 4.79 Å². The van der Waals surface area contributed by atoms with E-state index in [-0.39, 0.29) is 5.91 Å². The Labute approximate surface area is 133 Å². The molecule has 1 saturated carbocycles. The molecule has 0 aliphatic heterocycles. The van der Waals surface area contributed by atoms with Gasteiger partial charge in [-0.3, -0.25) is 9.89 Å². The second-order valence-corrected chi connectivity index (χ2v) is 5.92. The summed E-state index contributed by atoms with van der Waals surface area (Å²) in [5.74, 6) is 0.614. The predicted octanol–water partition coefficient (Wildman–Crippen LogP) is 1.74. The molecular formula is C16H18N6O. The summed E-state index contributed by atoms with van der Waals surface area (Å²) in [6, 6.07) is 9.78. The molecule has 7 heteroatoms. The molecule has 118 valence electrons. The number of nitrogens with one attached hydrogen (secondary N) is 2. The Morgan fingerprint density at radius 2 is 2.22 bits per heavy atom. The summed E-state index contributed by atoms with van der Waals surface area (Å²) in [7, 11) is 0. The summed E-state index contributed by atoms with van der Waals surface area (Å²) in [6.07, 6.45) is 2.82. The van der Waals surface area contributed by atoms with Gasteiger partial charge in [0.1, 0.15) is 5.52 Å². The first kappa shape index (κ1) is 13.9. The first-order chi connectivity index (χ1) is 11.3. The van der Waals surface area contributed by atoms with E-state index in [1.165, 1.54) is 12.8 Å². The van der Waals surface area contributed by atoms with Crippen molar-refractivity contribution in [2.45, 2.75) is 38.3 Å². The van der Waals surface area contributed by atoms with Crippen molar-refractivity contribution in [3.63, 3.8) is 0 Å². The molecule has 0 radical (unpaired) electrons. The predicted molar refractivity (Wildman–Crippen MR) is 84.6 cm³/mol. The number of nitrogens with zero attached hydrogens (tertiary/aromatic N) is 4. The van der Waals surface area contributed by atoms with E-state index >= 15 is 0 Å². The number of hydrogen-bond acceptors (Lipinski definition) is 4. The number of amides is 1. The molecule has 7 nitrogen and oxygen atoms in total. The fourth-order valence-corrected chi connectivity index (χ4v) is 2.63. The van der Waals surface area contributed by atoms with Gasteiger partial charge in [0.15, 0.2) is 0 Å². The molecule has 1 fully saturated rings. The van der Waals surface area contributed by atoms with E-state index in [1.54, 1.807) is 4.68 Å². The van der Waals surface area contributed by atoms with Crippen molar-refractivity contribution < 1.29 is 4.79 Å². The highest BCUT2D eigenvalue weighted by Gasteiger charge is 2.25. The summed E-state index contributed by atoms with van der Waals surface area (Å²) in [6.45, 7) is 0.999. The number of carbonyl (C=O) groups is 1. The maximum absolute atomic E-state index is 12.0. The first-order valence-electron chi connectivity index (χ1n) is 7.89. The Morgan fingerprint density at radius 1 is 1.35 bits per heavy atom. The van der Waals surface area contributed by atoms with Crippen LogP contribution in [0.2, 0.25) is 0 Å². The molecule has 1 aliphatic rings. The van der Waals surface area contributed by atoms with Crippen molar-refractivity contribution in [1.29, 1.82) is 0 Å². The molecule has 0 bridgehead atoms. The molecule has 3 aromatic rings. The zero-order valence-electron chi connectivity index (χ0n) is 12.7. The monoisotopic (exact) mass is 310 g/mol.